The molecule has 0 bridgehead atoms. The Morgan fingerprint density at radius 2 is 2.31 bits per heavy atom. The summed E-state index contributed by atoms with van der Waals surface area (Å²) < 4.78 is 1.13. The van der Waals surface area contributed by atoms with Crippen LogP contribution in [0, 0.1) is 9.49 Å². The van der Waals surface area contributed by atoms with Crippen molar-refractivity contribution in [1.29, 1.82) is 0 Å². The zero-order chi connectivity index (χ0) is 10.7. The lowest BCUT2D eigenvalue weighted by Crippen LogP contribution is -2.24. The minimum atomic E-state index is 0. The van der Waals surface area contributed by atoms with E-state index >= 15 is 0 Å². The molecule has 16 heavy (non-hydrogen) atoms. The van der Waals surface area contributed by atoms with Crippen molar-refractivity contribution >= 4 is 46.6 Å². The zero-order valence-corrected chi connectivity index (χ0v) is 11.7. The number of nitrogens with one attached hydrogen (secondary N) is 2. The highest BCUT2D eigenvalue weighted by Crippen LogP contribution is 2.15. The number of anilines is 1. The van der Waals surface area contributed by atoms with E-state index < -0.39 is 0 Å². The predicted molar refractivity (Wildman–Crippen MR) is 76.0 cm³/mol. The van der Waals surface area contributed by atoms with Crippen LogP contribution in [0.5, 0.6) is 0 Å². The maximum atomic E-state index is 11.8. The molecule has 1 atom stereocenters. The summed E-state index contributed by atoms with van der Waals surface area (Å²) in [7, 11) is 0. The Kier molecular flexibility index (Phi) is 5.51. The molecule has 3 nitrogen and oxygen atoms in total. The van der Waals surface area contributed by atoms with Gasteiger partial charge in [0.05, 0.1) is 5.92 Å². The summed E-state index contributed by atoms with van der Waals surface area (Å²) in [4.78, 5) is 11.8. The third-order valence-electron chi connectivity index (χ3n) is 2.52. The molecule has 88 valence electrons. The number of hydrogen-bond acceptors (Lipinski definition) is 2. The normalized spacial score (nSPS) is 18.9. The Labute approximate surface area is 115 Å². The fourth-order valence-electron chi connectivity index (χ4n) is 1.69. The fourth-order valence-corrected chi connectivity index (χ4v) is 2.23. The SMILES string of the molecule is Cl.O=C(Nc1cccc(I)c1)C1CCNC1. The van der Waals surface area contributed by atoms with Gasteiger partial charge in [0.15, 0.2) is 0 Å². The molecule has 1 fully saturated rings. The van der Waals surface area contributed by atoms with E-state index in [-0.39, 0.29) is 24.2 Å². The number of halogens is 2. The largest absolute Gasteiger partial charge is 0.326 e. The van der Waals surface area contributed by atoms with Gasteiger partial charge >= 0.3 is 0 Å². The molecule has 5 heteroatoms. The molecule has 0 saturated carbocycles. The van der Waals surface area contributed by atoms with Gasteiger partial charge in [-0.05, 0) is 53.8 Å². The maximum Gasteiger partial charge on any atom is 0.228 e. The van der Waals surface area contributed by atoms with Crippen LogP contribution >= 0.6 is 35.0 Å². The van der Waals surface area contributed by atoms with Crippen LogP contribution in [0.3, 0.4) is 0 Å². The van der Waals surface area contributed by atoms with Gasteiger partial charge in [-0.2, -0.15) is 0 Å². The molecule has 1 amide bonds. The lowest BCUT2D eigenvalue weighted by atomic mass is 10.1. The first-order valence-corrected chi connectivity index (χ1v) is 6.11. The van der Waals surface area contributed by atoms with E-state index in [0.29, 0.717) is 0 Å². The first-order chi connectivity index (χ1) is 7.25. The quantitative estimate of drug-likeness (QED) is 0.802. The lowest BCUT2D eigenvalue weighted by Gasteiger charge is -2.09. The number of carbonyl (C=O) groups is 1. The van der Waals surface area contributed by atoms with Gasteiger partial charge in [-0.1, -0.05) is 6.07 Å². The highest BCUT2D eigenvalue weighted by atomic mass is 127. The van der Waals surface area contributed by atoms with Crippen molar-refractivity contribution in [2.45, 2.75) is 6.42 Å². The van der Waals surface area contributed by atoms with Gasteiger partial charge < -0.3 is 10.6 Å². The smallest absolute Gasteiger partial charge is 0.228 e. The molecule has 2 N–H and O–H groups in total. The van der Waals surface area contributed by atoms with E-state index in [9.17, 15) is 4.79 Å². The first-order valence-electron chi connectivity index (χ1n) is 5.03. The highest BCUT2D eigenvalue weighted by Gasteiger charge is 2.22. The van der Waals surface area contributed by atoms with Gasteiger partial charge in [-0.15, -0.1) is 12.4 Å². The maximum absolute atomic E-state index is 11.8. The van der Waals surface area contributed by atoms with Gasteiger partial charge in [0, 0.05) is 15.8 Å². The van der Waals surface area contributed by atoms with E-state index in [2.05, 4.69) is 33.2 Å². The molecule has 1 aliphatic heterocycles. The average molecular weight is 353 g/mol. The molecule has 0 spiro atoms. The van der Waals surface area contributed by atoms with Crippen LogP contribution in [0.25, 0.3) is 0 Å². The summed E-state index contributed by atoms with van der Waals surface area (Å²) in [5, 5.41) is 6.13. The number of carbonyl (C=O) groups excluding carboxylic acids is 1. The Balaban J connectivity index is 0.00000128. The molecule has 1 saturated heterocycles. The number of rotatable bonds is 2. The van der Waals surface area contributed by atoms with E-state index in [4.69, 9.17) is 0 Å². The molecule has 0 radical (unpaired) electrons. The van der Waals surface area contributed by atoms with Gasteiger partial charge in [-0.3, -0.25) is 4.79 Å². The lowest BCUT2D eigenvalue weighted by molar-refractivity contribution is -0.119. The van der Waals surface area contributed by atoms with Crippen LogP contribution in [0.2, 0.25) is 0 Å². The third-order valence-corrected chi connectivity index (χ3v) is 3.19. The van der Waals surface area contributed by atoms with Crippen molar-refractivity contribution in [3.05, 3.63) is 27.8 Å². The summed E-state index contributed by atoms with van der Waals surface area (Å²) in [6.07, 6.45) is 0.940. The topological polar surface area (TPSA) is 41.1 Å². The molecule has 1 aromatic rings. The second-order valence-corrected chi connectivity index (χ2v) is 4.93. The molecule has 1 aromatic carbocycles. The number of hydrogen-bond donors (Lipinski definition) is 2. The van der Waals surface area contributed by atoms with Crippen LogP contribution in [-0.2, 0) is 4.79 Å². The average Bonchev–Trinajstić information content (AvgIpc) is 2.70. The van der Waals surface area contributed by atoms with Gasteiger partial charge in [0.25, 0.3) is 0 Å². The number of amides is 1. The second kappa shape index (κ2) is 6.42. The van der Waals surface area contributed by atoms with Crippen molar-refractivity contribution in [2.75, 3.05) is 18.4 Å². The van der Waals surface area contributed by atoms with Crippen LogP contribution in [0.1, 0.15) is 6.42 Å². The fraction of sp³-hybridized carbons (Fsp3) is 0.364. The van der Waals surface area contributed by atoms with Gasteiger partial charge in [-0.25, -0.2) is 0 Å². The third kappa shape index (κ3) is 3.61. The Morgan fingerprint density at radius 1 is 1.50 bits per heavy atom. The van der Waals surface area contributed by atoms with E-state index in [1.807, 2.05) is 24.3 Å². The highest BCUT2D eigenvalue weighted by molar-refractivity contribution is 14.1. The Bertz CT molecular complexity index is 367. The van der Waals surface area contributed by atoms with Crippen LogP contribution in [0.15, 0.2) is 24.3 Å². The zero-order valence-electron chi connectivity index (χ0n) is 8.70. The summed E-state index contributed by atoms with van der Waals surface area (Å²) in [5.74, 6) is 0.255. The molecule has 2 rings (SSSR count). The van der Waals surface area contributed by atoms with E-state index in [1.165, 1.54) is 0 Å². The van der Waals surface area contributed by atoms with Crippen molar-refractivity contribution in [3.63, 3.8) is 0 Å². The molecule has 1 heterocycles. The minimum Gasteiger partial charge on any atom is -0.326 e. The van der Waals surface area contributed by atoms with Crippen LogP contribution in [0.4, 0.5) is 5.69 Å². The summed E-state index contributed by atoms with van der Waals surface area (Å²) >= 11 is 2.24. The molecule has 0 aromatic heterocycles. The standard InChI is InChI=1S/C11H13IN2O.ClH/c12-9-2-1-3-10(6-9)14-11(15)8-4-5-13-7-8;/h1-3,6,8,13H,4-5,7H2,(H,14,15);1H. The van der Waals surface area contributed by atoms with E-state index in [0.717, 1.165) is 28.8 Å². The Morgan fingerprint density at radius 3 is 2.94 bits per heavy atom. The van der Waals surface area contributed by atoms with Crippen molar-refractivity contribution in [1.82, 2.24) is 5.32 Å². The molecule has 1 aliphatic rings. The van der Waals surface area contributed by atoms with Gasteiger partial charge in [0.1, 0.15) is 0 Å². The monoisotopic (exact) mass is 352 g/mol. The number of benzene rings is 1. The van der Waals surface area contributed by atoms with Crippen molar-refractivity contribution < 1.29 is 4.79 Å². The van der Waals surface area contributed by atoms with Gasteiger partial charge in [0.2, 0.25) is 5.91 Å². The van der Waals surface area contributed by atoms with Crippen molar-refractivity contribution in [2.24, 2.45) is 5.92 Å². The van der Waals surface area contributed by atoms with E-state index in [1.54, 1.807) is 0 Å². The summed E-state index contributed by atoms with van der Waals surface area (Å²) in [5.41, 5.74) is 0.888. The molecule has 0 aliphatic carbocycles. The molecule has 1 unspecified atom stereocenters. The second-order valence-electron chi connectivity index (χ2n) is 3.69. The predicted octanol–water partition coefficient (Wildman–Crippen LogP) is 2.26. The van der Waals surface area contributed by atoms with Crippen LogP contribution in [-0.4, -0.2) is 19.0 Å². The minimum absolute atomic E-state index is 0. The summed E-state index contributed by atoms with van der Waals surface area (Å²) in [6.45, 7) is 1.75. The van der Waals surface area contributed by atoms with Crippen molar-refractivity contribution in [3.8, 4) is 0 Å². The first kappa shape index (κ1) is 13.7. The molecular formula is C11H14ClIN2O. The molecular weight excluding hydrogens is 338 g/mol. The van der Waals surface area contributed by atoms with Crippen LogP contribution < -0.4 is 10.6 Å². The summed E-state index contributed by atoms with van der Waals surface area (Å²) in [6, 6.07) is 7.85. The Hall–Kier alpha value is -0.330.